The van der Waals surface area contributed by atoms with Gasteiger partial charge in [-0.25, -0.2) is 0 Å². The van der Waals surface area contributed by atoms with Crippen molar-refractivity contribution in [2.45, 2.75) is 50.7 Å². The lowest BCUT2D eigenvalue weighted by atomic mass is 10.1. The maximum atomic E-state index is 13.3. The summed E-state index contributed by atoms with van der Waals surface area (Å²) < 4.78 is 3.48. The first-order valence-corrected chi connectivity index (χ1v) is 11.3. The number of aryl methyl sites for hydroxylation is 2. The zero-order chi connectivity index (χ0) is 22.0. The van der Waals surface area contributed by atoms with Gasteiger partial charge in [0, 0.05) is 24.8 Å². The van der Waals surface area contributed by atoms with Gasteiger partial charge in [-0.1, -0.05) is 53.7 Å². The second-order valence-electron chi connectivity index (χ2n) is 7.84. The van der Waals surface area contributed by atoms with Crippen LogP contribution in [-0.2, 0) is 17.1 Å². The smallest absolute Gasteiger partial charge is 0.262 e. The number of hydrogen-bond acceptors (Lipinski definition) is 5. The Labute approximate surface area is 184 Å². The quantitative estimate of drug-likeness (QED) is 0.449. The summed E-state index contributed by atoms with van der Waals surface area (Å²) in [6.07, 6.45) is 0.199. The van der Waals surface area contributed by atoms with Crippen molar-refractivity contribution in [2.75, 3.05) is 0 Å². The molecule has 1 amide bonds. The van der Waals surface area contributed by atoms with Crippen molar-refractivity contribution in [3.63, 3.8) is 0 Å². The number of carbonyl (C=O) groups excluding carboxylic acids is 1. The number of rotatable bonds is 7. The SMILES string of the molecule is Cc1ccc2c(c1)c(=O)n(CCC(=O)NC(C)C)c1nnc(SCc3ccccc3)n21. The van der Waals surface area contributed by atoms with Crippen LogP contribution in [-0.4, -0.2) is 31.1 Å². The first kappa shape index (κ1) is 21.1. The minimum absolute atomic E-state index is 0.0533. The summed E-state index contributed by atoms with van der Waals surface area (Å²) in [4.78, 5) is 25.4. The average molecular weight is 436 g/mol. The minimum atomic E-state index is -0.157. The molecule has 0 unspecified atom stereocenters. The van der Waals surface area contributed by atoms with Crippen LogP contribution in [0.15, 0.2) is 58.5 Å². The average Bonchev–Trinajstić information content (AvgIpc) is 3.16. The molecule has 8 heteroatoms. The van der Waals surface area contributed by atoms with E-state index in [0.29, 0.717) is 16.3 Å². The van der Waals surface area contributed by atoms with Gasteiger partial charge in [-0.3, -0.25) is 18.6 Å². The van der Waals surface area contributed by atoms with Gasteiger partial charge in [0.15, 0.2) is 5.16 Å². The van der Waals surface area contributed by atoms with Crippen LogP contribution in [0, 0.1) is 6.92 Å². The molecule has 7 nitrogen and oxygen atoms in total. The van der Waals surface area contributed by atoms with Gasteiger partial charge in [-0.15, -0.1) is 10.2 Å². The Morgan fingerprint density at radius 2 is 1.90 bits per heavy atom. The van der Waals surface area contributed by atoms with Crippen molar-refractivity contribution >= 4 is 34.3 Å². The summed E-state index contributed by atoms with van der Waals surface area (Å²) in [5.41, 5.74) is 2.80. The van der Waals surface area contributed by atoms with Crippen molar-refractivity contribution < 1.29 is 4.79 Å². The number of aromatic nitrogens is 4. The maximum absolute atomic E-state index is 13.3. The highest BCUT2D eigenvalue weighted by Crippen LogP contribution is 2.25. The van der Waals surface area contributed by atoms with Gasteiger partial charge < -0.3 is 5.32 Å². The summed E-state index contributed by atoms with van der Waals surface area (Å²) in [6, 6.07) is 16.0. The van der Waals surface area contributed by atoms with Crippen LogP contribution in [0.4, 0.5) is 0 Å². The summed E-state index contributed by atoms with van der Waals surface area (Å²) in [5, 5.41) is 12.9. The highest BCUT2D eigenvalue weighted by molar-refractivity contribution is 7.98. The Balaban J connectivity index is 1.77. The maximum Gasteiger partial charge on any atom is 0.262 e. The molecular weight excluding hydrogens is 410 g/mol. The third-order valence-corrected chi connectivity index (χ3v) is 5.95. The number of hydrogen-bond donors (Lipinski definition) is 1. The number of nitrogens with one attached hydrogen (secondary N) is 1. The highest BCUT2D eigenvalue weighted by Gasteiger charge is 2.18. The topological polar surface area (TPSA) is 81.3 Å². The van der Waals surface area contributed by atoms with Crippen LogP contribution in [0.25, 0.3) is 16.7 Å². The van der Waals surface area contributed by atoms with E-state index in [1.54, 1.807) is 16.3 Å². The van der Waals surface area contributed by atoms with Crippen LogP contribution in [0.3, 0.4) is 0 Å². The Hall–Kier alpha value is -3.13. The largest absolute Gasteiger partial charge is 0.354 e. The zero-order valence-electron chi connectivity index (χ0n) is 17.8. The number of benzene rings is 2. The molecule has 160 valence electrons. The molecule has 0 saturated carbocycles. The lowest BCUT2D eigenvalue weighted by Crippen LogP contribution is -2.32. The molecule has 2 aromatic heterocycles. The van der Waals surface area contributed by atoms with Gasteiger partial charge in [0.2, 0.25) is 11.7 Å². The summed E-state index contributed by atoms with van der Waals surface area (Å²) in [5.74, 6) is 1.10. The first-order valence-electron chi connectivity index (χ1n) is 10.3. The second kappa shape index (κ2) is 8.93. The lowest BCUT2D eigenvalue weighted by Gasteiger charge is -2.13. The molecule has 2 heterocycles. The molecule has 0 saturated heterocycles. The molecule has 0 aliphatic rings. The molecule has 31 heavy (non-hydrogen) atoms. The molecular formula is C23H25N5O2S. The van der Waals surface area contributed by atoms with E-state index < -0.39 is 0 Å². The van der Waals surface area contributed by atoms with Gasteiger partial charge >= 0.3 is 0 Å². The first-order chi connectivity index (χ1) is 14.9. The van der Waals surface area contributed by atoms with Crippen LogP contribution in [0.5, 0.6) is 0 Å². The zero-order valence-corrected chi connectivity index (χ0v) is 18.6. The summed E-state index contributed by atoms with van der Waals surface area (Å²) in [7, 11) is 0. The molecule has 0 bridgehead atoms. The number of amides is 1. The molecule has 0 radical (unpaired) electrons. The van der Waals surface area contributed by atoms with Crippen molar-refractivity contribution in [2.24, 2.45) is 0 Å². The normalized spacial score (nSPS) is 11.5. The van der Waals surface area contributed by atoms with Crippen LogP contribution < -0.4 is 10.9 Å². The monoisotopic (exact) mass is 435 g/mol. The van der Waals surface area contributed by atoms with E-state index in [0.717, 1.165) is 16.8 Å². The van der Waals surface area contributed by atoms with E-state index in [4.69, 9.17) is 0 Å². The second-order valence-corrected chi connectivity index (χ2v) is 8.78. The Kier molecular flexibility index (Phi) is 6.08. The third-order valence-electron chi connectivity index (χ3n) is 4.95. The molecule has 0 spiro atoms. The number of nitrogens with zero attached hydrogens (tertiary/aromatic N) is 4. The predicted molar refractivity (Wildman–Crippen MR) is 123 cm³/mol. The number of thioether (sulfide) groups is 1. The highest BCUT2D eigenvalue weighted by atomic mass is 32.2. The van der Waals surface area contributed by atoms with E-state index >= 15 is 0 Å². The fourth-order valence-electron chi connectivity index (χ4n) is 3.52. The Morgan fingerprint density at radius 1 is 1.13 bits per heavy atom. The molecule has 0 fully saturated rings. The number of fused-ring (bicyclic) bond motifs is 3. The van der Waals surface area contributed by atoms with E-state index in [1.165, 1.54) is 5.56 Å². The fraction of sp³-hybridized carbons (Fsp3) is 0.304. The summed E-state index contributed by atoms with van der Waals surface area (Å²) in [6.45, 7) is 6.03. The number of carbonyl (C=O) groups is 1. The van der Waals surface area contributed by atoms with Gasteiger partial charge in [-0.05, 0) is 38.5 Å². The molecule has 4 rings (SSSR count). The summed E-state index contributed by atoms with van der Waals surface area (Å²) >= 11 is 1.57. The Bertz CT molecular complexity index is 1290. The third kappa shape index (κ3) is 4.49. The van der Waals surface area contributed by atoms with Crippen LogP contribution in [0.1, 0.15) is 31.4 Å². The predicted octanol–water partition coefficient (Wildman–Crippen LogP) is 3.56. The van der Waals surface area contributed by atoms with Crippen molar-refractivity contribution in [3.05, 3.63) is 70.0 Å². The van der Waals surface area contributed by atoms with Gasteiger partial charge in [-0.2, -0.15) is 0 Å². The molecule has 0 aliphatic carbocycles. The van der Waals surface area contributed by atoms with Gasteiger partial charge in [0.25, 0.3) is 5.56 Å². The molecule has 4 aromatic rings. The van der Waals surface area contributed by atoms with E-state index in [-0.39, 0.29) is 30.5 Å². The standard InChI is InChI=1S/C23H25N5O2S/c1-15(2)24-20(29)11-12-27-21(30)18-13-16(3)9-10-19(18)28-22(27)25-26-23(28)31-14-17-7-5-4-6-8-17/h4-10,13,15H,11-12,14H2,1-3H3,(H,24,29). The minimum Gasteiger partial charge on any atom is -0.354 e. The molecule has 1 N–H and O–H groups in total. The van der Waals surface area contributed by atoms with Crippen LogP contribution in [0.2, 0.25) is 0 Å². The fourth-order valence-corrected chi connectivity index (χ4v) is 4.42. The van der Waals surface area contributed by atoms with Crippen molar-refractivity contribution in [1.29, 1.82) is 0 Å². The molecule has 0 aliphatic heterocycles. The van der Waals surface area contributed by atoms with Gasteiger partial charge in [0.05, 0.1) is 10.9 Å². The molecule has 2 aromatic carbocycles. The van der Waals surface area contributed by atoms with E-state index in [1.807, 2.05) is 61.6 Å². The van der Waals surface area contributed by atoms with E-state index in [9.17, 15) is 9.59 Å². The molecule has 0 atom stereocenters. The lowest BCUT2D eigenvalue weighted by molar-refractivity contribution is -0.121. The van der Waals surface area contributed by atoms with Crippen molar-refractivity contribution in [1.82, 2.24) is 24.5 Å². The van der Waals surface area contributed by atoms with Gasteiger partial charge in [0.1, 0.15) is 0 Å². The Morgan fingerprint density at radius 3 is 2.65 bits per heavy atom. The van der Waals surface area contributed by atoms with Crippen molar-refractivity contribution in [3.8, 4) is 0 Å². The van der Waals surface area contributed by atoms with E-state index in [2.05, 4.69) is 27.6 Å². The van der Waals surface area contributed by atoms with Crippen LogP contribution >= 0.6 is 11.8 Å².